The van der Waals surface area contributed by atoms with E-state index in [0.717, 1.165) is 0 Å². The Morgan fingerprint density at radius 2 is 2.20 bits per heavy atom. The van der Waals surface area contributed by atoms with Crippen molar-refractivity contribution in [2.24, 2.45) is 0 Å². The number of carboxylic acid groups (broad SMARTS) is 1. The predicted octanol–water partition coefficient (Wildman–Crippen LogP) is 0.953. The molecular formula is C12H14N2O6. The fourth-order valence-electron chi connectivity index (χ4n) is 1.41. The van der Waals surface area contributed by atoms with Crippen LogP contribution in [0, 0.1) is 10.1 Å². The van der Waals surface area contributed by atoms with Gasteiger partial charge in [0.2, 0.25) is 0 Å². The first-order valence-corrected chi connectivity index (χ1v) is 5.83. The monoisotopic (exact) mass is 282 g/mol. The number of non-ortho nitro benzene ring substituents is 1. The van der Waals surface area contributed by atoms with Crippen molar-refractivity contribution in [3.8, 4) is 5.75 Å². The Kier molecular flexibility index (Phi) is 5.45. The van der Waals surface area contributed by atoms with Gasteiger partial charge in [0.1, 0.15) is 11.8 Å². The summed E-state index contributed by atoms with van der Waals surface area (Å²) in [7, 11) is 0. The molecule has 0 aliphatic rings. The zero-order chi connectivity index (χ0) is 15.1. The first kappa shape index (κ1) is 15.4. The summed E-state index contributed by atoms with van der Waals surface area (Å²) in [5, 5.41) is 21.6. The Labute approximate surface area is 114 Å². The molecule has 0 saturated carbocycles. The van der Waals surface area contributed by atoms with Crippen molar-refractivity contribution in [2.45, 2.75) is 19.4 Å². The molecule has 0 aromatic heterocycles. The summed E-state index contributed by atoms with van der Waals surface area (Å²) in [5.41, 5.74) is -0.153. The molecule has 2 N–H and O–H groups in total. The predicted molar refractivity (Wildman–Crippen MR) is 68.4 cm³/mol. The number of aliphatic carboxylic acids is 1. The van der Waals surface area contributed by atoms with Crippen molar-refractivity contribution >= 4 is 17.6 Å². The Morgan fingerprint density at radius 1 is 1.50 bits per heavy atom. The average molecular weight is 282 g/mol. The highest BCUT2D eigenvalue weighted by molar-refractivity contribution is 5.84. The van der Waals surface area contributed by atoms with Gasteiger partial charge < -0.3 is 15.2 Å². The lowest BCUT2D eigenvalue weighted by molar-refractivity contribution is -0.384. The molecule has 1 atom stereocenters. The van der Waals surface area contributed by atoms with Gasteiger partial charge in [0.15, 0.2) is 6.61 Å². The van der Waals surface area contributed by atoms with Gasteiger partial charge in [-0.2, -0.15) is 0 Å². The third-order valence-electron chi connectivity index (χ3n) is 2.44. The van der Waals surface area contributed by atoms with Gasteiger partial charge in [-0.25, -0.2) is 4.79 Å². The lowest BCUT2D eigenvalue weighted by Gasteiger charge is -2.12. The van der Waals surface area contributed by atoms with Crippen molar-refractivity contribution in [2.75, 3.05) is 6.61 Å². The molecular weight excluding hydrogens is 268 g/mol. The molecule has 1 amide bonds. The number of nitrogens with one attached hydrogen (secondary N) is 1. The quantitative estimate of drug-likeness (QED) is 0.567. The highest BCUT2D eigenvalue weighted by atomic mass is 16.6. The molecule has 1 aromatic rings. The smallest absolute Gasteiger partial charge is 0.326 e. The molecule has 108 valence electrons. The number of rotatable bonds is 7. The van der Waals surface area contributed by atoms with Gasteiger partial charge in [-0.1, -0.05) is 13.0 Å². The lowest BCUT2D eigenvalue weighted by atomic mass is 10.2. The highest BCUT2D eigenvalue weighted by Crippen LogP contribution is 2.18. The van der Waals surface area contributed by atoms with Gasteiger partial charge in [0.05, 0.1) is 11.0 Å². The first-order chi connectivity index (χ1) is 9.43. The van der Waals surface area contributed by atoms with Gasteiger partial charge in [-0.05, 0) is 12.5 Å². The van der Waals surface area contributed by atoms with Crippen LogP contribution in [0.4, 0.5) is 5.69 Å². The Bertz CT molecular complexity index is 516. The normalized spacial score (nSPS) is 11.4. The molecule has 0 spiro atoms. The molecule has 0 bridgehead atoms. The molecule has 1 aromatic carbocycles. The number of nitro groups is 1. The molecule has 1 rings (SSSR count). The Morgan fingerprint density at radius 3 is 2.75 bits per heavy atom. The number of ether oxygens (including phenoxy) is 1. The summed E-state index contributed by atoms with van der Waals surface area (Å²) < 4.78 is 5.07. The standard InChI is InChI=1S/C12H14N2O6/c1-2-10(12(16)17)13-11(15)7-20-9-5-3-4-8(6-9)14(18)19/h3-6,10H,2,7H2,1H3,(H,13,15)(H,16,17). The minimum Gasteiger partial charge on any atom is -0.484 e. The third-order valence-corrected chi connectivity index (χ3v) is 2.44. The van der Waals surface area contributed by atoms with Gasteiger partial charge >= 0.3 is 5.97 Å². The number of benzene rings is 1. The minimum atomic E-state index is -1.13. The number of nitro benzene ring substituents is 1. The van der Waals surface area contributed by atoms with Crippen LogP contribution in [0.3, 0.4) is 0 Å². The molecule has 0 radical (unpaired) electrons. The average Bonchev–Trinajstić information content (AvgIpc) is 2.42. The molecule has 0 saturated heterocycles. The number of amides is 1. The number of carbonyl (C=O) groups excluding carboxylic acids is 1. The second-order valence-electron chi connectivity index (χ2n) is 3.91. The van der Waals surface area contributed by atoms with E-state index in [9.17, 15) is 19.7 Å². The van der Waals surface area contributed by atoms with Crippen LogP contribution in [0.2, 0.25) is 0 Å². The molecule has 8 nitrogen and oxygen atoms in total. The van der Waals surface area contributed by atoms with E-state index >= 15 is 0 Å². The van der Waals surface area contributed by atoms with Gasteiger partial charge in [-0.3, -0.25) is 14.9 Å². The molecule has 8 heteroatoms. The number of carboxylic acids is 1. The summed E-state index contributed by atoms with van der Waals surface area (Å²) in [4.78, 5) is 32.2. The SMILES string of the molecule is CCC(NC(=O)COc1cccc([N+](=O)[O-])c1)C(=O)O. The van der Waals surface area contributed by atoms with Crippen LogP contribution in [0.25, 0.3) is 0 Å². The summed E-state index contributed by atoms with van der Waals surface area (Å²) in [5.74, 6) is -1.57. The van der Waals surface area contributed by atoms with E-state index in [4.69, 9.17) is 9.84 Å². The zero-order valence-electron chi connectivity index (χ0n) is 10.7. The van der Waals surface area contributed by atoms with Crippen LogP contribution in [0.15, 0.2) is 24.3 Å². The third kappa shape index (κ3) is 4.56. The van der Waals surface area contributed by atoms with Crippen molar-refractivity contribution in [3.05, 3.63) is 34.4 Å². The largest absolute Gasteiger partial charge is 0.484 e. The number of carbonyl (C=O) groups is 2. The topological polar surface area (TPSA) is 119 Å². The van der Waals surface area contributed by atoms with Crippen LogP contribution in [0.5, 0.6) is 5.75 Å². The maximum atomic E-state index is 11.5. The molecule has 0 aliphatic carbocycles. The fraction of sp³-hybridized carbons (Fsp3) is 0.333. The Hall–Kier alpha value is -2.64. The second kappa shape index (κ2) is 7.07. The van der Waals surface area contributed by atoms with Crippen LogP contribution < -0.4 is 10.1 Å². The summed E-state index contributed by atoms with van der Waals surface area (Å²) in [6.07, 6.45) is 0.248. The van der Waals surface area contributed by atoms with E-state index in [-0.39, 0.29) is 17.9 Å². The molecule has 0 fully saturated rings. The van der Waals surface area contributed by atoms with Crippen molar-refractivity contribution < 1.29 is 24.4 Å². The summed E-state index contributed by atoms with van der Waals surface area (Å²) in [6, 6.07) is 4.40. The summed E-state index contributed by atoms with van der Waals surface area (Å²) >= 11 is 0. The van der Waals surface area contributed by atoms with E-state index in [2.05, 4.69) is 5.32 Å². The first-order valence-electron chi connectivity index (χ1n) is 5.83. The molecule has 20 heavy (non-hydrogen) atoms. The van der Waals surface area contributed by atoms with Crippen LogP contribution >= 0.6 is 0 Å². The minimum absolute atomic E-state index is 0.153. The molecule has 0 heterocycles. The van der Waals surface area contributed by atoms with Gasteiger partial charge in [-0.15, -0.1) is 0 Å². The number of nitrogens with zero attached hydrogens (tertiary/aromatic N) is 1. The van der Waals surface area contributed by atoms with Crippen LogP contribution in [0.1, 0.15) is 13.3 Å². The van der Waals surface area contributed by atoms with Crippen LogP contribution in [-0.4, -0.2) is 34.6 Å². The summed E-state index contributed by atoms with van der Waals surface area (Å²) in [6.45, 7) is 1.21. The maximum Gasteiger partial charge on any atom is 0.326 e. The Balaban J connectivity index is 2.54. The van der Waals surface area contributed by atoms with Crippen molar-refractivity contribution in [3.63, 3.8) is 0 Å². The van der Waals surface area contributed by atoms with Crippen molar-refractivity contribution in [1.29, 1.82) is 0 Å². The molecule has 1 unspecified atom stereocenters. The van der Waals surface area contributed by atoms with E-state index in [0.29, 0.717) is 0 Å². The number of hydrogen-bond donors (Lipinski definition) is 2. The van der Waals surface area contributed by atoms with E-state index < -0.39 is 29.4 Å². The number of hydrogen-bond acceptors (Lipinski definition) is 5. The lowest BCUT2D eigenvalue weighted by Crippen LogP contribution is -2.42. The maximum absolute atomic E-state index is 11.5. The van der Waals surface area contributed by atoms with Gasteiger partial charge in [0, 0.05) is 6.07 Å². The zero-order valence-corrected chi connectivity index (χ0v) is 10.7. The fourth-order valence-corrected chi connectivity index (χ4v) is 1.41. The highest BCUT2D eigenvalue weighted by Gasteiger charge is 2.17. The van der Waals surface area contributed by atoms with E-state index in [1.54, 1.807) is 6.92 Å². The van der Waals surface area contributed by atoms with Crippen LogP contribution in [-0.2, 0) is 9.59 Å². The van der Waals surface area contributed by atoms with E-state index in [1.807, 2.05) is 0 Å². The van der Waals surface area contributed by atoms with E-state index in [1.165, 1.54) is 24.3 Å². The van der Waals surface area contributed by atoms with Gasteiger partial charge in [0.25, 0.3) is 11.6 Å². The molecule has 0 aliphatic heterocycles. The van der Waals surface area contributed by atoms with Crippen molar-refractivity contribution in [1.82, 2.24) is 5.32 Å². The second-order valence-corrected chi connectivity index (χ2v) is 3.91.